The highest BCUT2D eigenvalue weighted by Crippen LogP contribution is 2.17. The van der Waals surface area contributed by atoms with Crippen LogP contribution >= 0.6 is 0 Å². The van der Waals surface area contributed by atoms with Gasteiger partial charge in [0.15, 0.2) is 11.5 Å². The number of amides is 3. The summed E-state index contributed by atoms with van der Waals surface area (Å²) in [7, 11) is 1.55. The fourth-order valence-electron chi connectivity index (χ4n) is 3.52. The zero-order valence-corrected chi connectivity index (χ0v) is 18.6. The van der Waals surface area contributed by atoms with Gasteiger partial charge in [-0.15, -0.1) is 0 Å². The molecule has 0 radical (unpaired) electrons. The first-order valence-corrected chi connectivity index (χ1v) is 10.7. The van der Waals surface area contributed by atoms with Crippen LogP contribution in [0.1, 0.15) is 54.0 Å². The molecule has 2 heterocycles. The van der Waals surface area contributed by atoms with Crippen LogP contribution in [0.2, 0.25) is 0 Å². The van der Waals surface area contributed by atoms with Crippen LogP contribution in [-0.4, -0.2) is 58.8 Å². The number of methoxy groups -OCH3 is 1. The minimum Gasteiger partial charge on any atom is -0.497 e. The molecule has 0 aliphatic carbocycles. The third-order valence-electron chi connectivity index (χ3n) is 5.26. The Labute approximate surface area is 187 Å². The third kappa shape index (κ3) is 6.03. The molecule has 32 heavy (non-hydrogen) atoms. The van der Waals surface area contributed by atoms with Crippen LogP contribution in [0.15, 0.2) is 36.7 Å². The van der Waals surface area contributed by atoms with Crippen molar-refractivity contribution < 1.29 is 19.1 Å². The molecule has 170 valence electrons. The van der Waals surface area contributed by atoms with Crippen molar-refractivity contribution in [3.63, 3.8) is 0 Å². The van der Waals surface area contributed by atoms with E-state index in [-0.39, 0.29) is 23.5 Å². The monoisotopic (exact) mass is 439 g/mol. The van der Waals surface area contributed by atoms with E-state index in [1.54, 1.807) is 31.4 Å². The van der Waals surface area contributed by atoms with Crippen LogP contribution in [0.3, 0.4) is 0 Å². The smallest absolute Gasteiger partial charge is 0.273 e. The second kappa shape index (κ2) is 10.7. The van der Waals surface area contributed by atoms with Crippen molar-refractivity contribution in [3.8, 4) is 5.75 Å². The van der Waals surface area contributed by atoms with Crippen molar-refractivity contribution in [2.24, 2.45) is 5.92 Å². The summed E-state index contributed by atoms with van der Waals surface area (Å²) in [5.41, 5.74) is 0.453. The number of nitrogens with one attached hydrogen (secondary N) is 2. The normalized spacial score (nSPS) is 14.2. The molecule has 1 aliphatic heterocycles. The zero-order chi connectivity index (χ0) is 23.1. The molecule has 1 fully saturated rings. The lowest BCUT2D eigenvalue weighted by molar-refractivity contribution is -0.133. The fraction of sp³-hybridized carbons (Fsp3) is 0.435. The maximum atomic E-state index is 12.8. The molecule has 1 aromatic carbocycles. The number of anilines is 1. The van der Waals surface area contributed by atoms with Gasteiger partial charge in [-0.05, 0) is 43.0 Å². The largest absolute Gasteiger partial charge is 0.497 e. The van der Waals surface area contributed by atoms with Gasteiger partial charge in [-0.25, -0.2) is 9.97 Å². The highest BCUT2D eigenvalue weighted by Gasteiger charge is 2.26. The number of benzene rings is 1. The van der Waals surface area contributed by atoms with Gasteiger partial charge >= 0.3 is 0 Å². The Morgan fingerprint density at radius 2 is 1.72 bits per heavy atom. The van der Waals surface area contributed by atoms with Gasteiger partial charge in [0.05, 0.1) is 7.11 Å². The average molecular weight is 440 g/mol. The summed E-state index contributed by atoms with van der Waals surface area (Å²) in [6, 6.07) is 6.53. The molecule has 0 bridgehead atoms. The van der Waals surface area contributed by atoms with E-state index >= 15 is 0 Å². The van der Waals surface area contributed by atoms with E-state index in [4.69, 9.17) is 4.74 Å². The second-order valence-electron chi connectivity index (χ2n) is 8.16. The number of hydrogen-bond donors (Lipinski definition) is 2. The summed E-state index contributed by atoms with van der Waals surface area (Å²) < 4.78 is 5.10. The van der Waals surface area contributed by atoms with E-state index in [0.717, 1.165) is 0 Å². The van der Waals surface area contributed by atoms with Crippen molar-refractivity contribution in [3.05, 3.63) is 47.9 Å². The van der Waals surface area contributed by atoms with E-state index in [1.807, 2.05) is 18.7 Å². The van der Waals surface area contributed by atoms with Crippen LogP contribution < -0.4 is 15.4 Å². The molecule has 0 atom stereocenters. The third-order valence-corrected chi connectivity index (χ3v) is 5.26. The van der Waals surface area contributed by atoms with E-state index in [0.29, 0.717) is 49.6 Å². The first kappa shape index (κ1) is 23.2. The van der Waals surface area contributed by atoms with Gasteiger partial charge in [0, 0.05) is 43.5 Å². The lowest BCUT2D eigenvalue weighted by Crippen LogP contribution is -2.47. The van der Waals surface area contributed by atoms with Gasteiger partial charge in [-0.1, -0.05) is 13.8 Å². The van der Waals surface area contributed by atoms with Crippen LogP contribution in [-0.2, 0) is 4.79 Å². The van der Waals surface area contributed by atoms with Crippen molar-refractivity contribution in [1.82, 2.24) is 20.2 Å². The molecule has 0 unspecified atom stereocenters. The number of aromatic nitrogens is 2. The average Bonchev–Trinajstić information content (AvgIpc) is 2.79. The molecular formula is C23H29N5O4. The molecule has 3 rings (SSSR count). The Hall–Kier alpha value is -3.49. The summed E-state index contributed by atoms with van der Waals surface area (Å²) >= 11 is 0. The second-order valence-corrected chi connectivity index (χ2v) is 8.16. The standard InChI is InChI=1S/C23H29N5O4/c1-15(2)14-19(29)28-12-8-17(9-13-28)26-23(31)20-21(25-11-10-24-20)27-22(30)16-4-6-18(32-3)7-5-16/h4-7,10-11,15,17H,8-9,12-14H2,1-3H3,(H,26,31)(H,25,27,30). The summed E-state index contributed by atoms with van der Waals surface area (Å²) in [6.07, 6.45) is 4.70. The molecule has 3 amide bonds. The number of ether oxygens (including phenoxy) is 1. The molecule has 1 aliphatic rings. The lowest BCUT2D eigenvalue weighted by Gasteiger charge is -2.32. The number of piperidine rings is 1. The zero-order valence-electron chi connectivity index (χ0n) is 18.6. The van der Waals surface area contributed by atoms with Crippen molar-refractivity contribution in [2.75, 3.05) is 25.5 Å². The molecule has 2 aromatic rings. The molecule has 9 heteroatoms. The van der Waals surface area contributed by atoms with Crippen molar-refractivity contribution in [1.29, 1.82) is 0 Å². The number of nitrogens with zero attached hydrogens (tertiary/aromatic N) is 3. The number of carbonyl (C=O) groups excluding carboxylic acids is 3. The highest BCUT2D eigenvalue weighted by atomic mass is 16.5. The predicted octanol–water partition coefficient (Wildman–Crippen LogP) is 2.50. The SMILES string of the molecule is COc1ccc(C(=O)Nc2nccnc2C(=O)NC2CCN(C(=O)CC(C)C)CC2)cc1. The fourth-order valence-corrected chi connectivity index (χ4v) is 3.52. The summed E-state index contributed by atoms with van der Waals surface area (Å²) in [5.74, 6) is 0.396. The van der Waals surface area contributed by atoms with Crippen LogP contribution in [0.25, 0.3) is 0 Å². The molecule has 1 saturated heterocycles. The van der Waals surface area contributed by atoms with Gasteiger partial charge in [0.1, 0.15) is 5.75 Å². The quantitative estimate of drug-likeness (QED) is 0.685. The van der Waals surface area contributed by atoms with Crippen molar-refractivity contribution >= 4 is 23.5 Å². The van der Waals surface area contributed by atoms with E-state index in [9.17, 15) is 14.4 Å². The summed E-state index contributed by atoms with van der Waals surface area (Å²) in [5, 5.41) is 5.61. The minimum atomic E-state index is -0.407. The Bertz CT molecular complexity index is 953. The molecule has 2 N–H and O–H groups in total. The predicted molar refractivity (Wildman–Crippen MR) is 120 cm³/mol. The van der Waals surface area contributed by atoms with Gasteiger partial charge in [0.2, 0.25) is 5.91 Å². The number of carbonyl (C=O) groups is 3. The molecule has 0 spiro atoms. The molecule has 9 nitrogen and oxygen atoms in total. The summed E-state index contributed by atoms with van der Waals surface area (Å²) in [4.78, 5) is 47.7. The first-order chi connectivity index (χ1) is 15.4. The number of likely N-dealkylation sites (tertiary alicyclic amines) is 1. The minimum absolute atomic E-state index is 0.0488. The first-order valence-electron chi connectivity index (χ1n) is 10.7. The topological polar surface area (TPSA) is 114 Å². The van der Waals surface area contributed by atoms with E-state index in [1.165, 1.54) is 12.4 Å². The molecule has 1 aromatic heterocycles. The van der Waals surface area contributed by atoms with Gasteiger partial charge in [-0.3, -0.25) is 14.4 Å². The Kier molecular flexibility index (Phi) is 7.75. The van der Waals surface area contributed by atoms with Gasteiger partial charge in [-0.2, -0.15) is 0 Å². The van der Waals surface area contributed by atoms with Crippen LogP contribution in [0.5, 0.6) is 5.75 Å². The Morgan fingerprint density at radius 1 is 1.06 bits per heavy atom. The summed E-state index contributed by atoms with van der Waals surface area (Å²) in [6.45, 7) is 5.27. The van der Waals surface area contributed by atoms with Crippen LogP contribution in [0.4, 0.5) is 5.82 Å². The van der Waals surface area contributed by atoms with Gasteiger partial charge < -0.3 is 20.3 Å². The maximum Gasteiger partial charge on any atom is 0.273 e. The number of hydrogen-bond acceptors (Lipinski definition) is 6. The van der Waals surface area contributed by atoms with E-state index in [2.05, 4.69) is 20.6 Å². The maximum absolute atomic E-state index is 12.8. The van der Waals surface area contributed by atoms with E-state index < -0.39 is 11.8 Å². The van der Waals surface area contributed by atoms with Crippen LogP contribution in [0, 0.1) is 5.92 Å². The highest BCUT2D eigenvalue weighted by molar-refractivity contribution is 6.07. The molecular weight excluding hydrogens is 410 g/mol. The van der Waals surface area contributed by atoms with Gasteiger partial charge in [0.25, 0.3) is 11.8 Å². The Morgan fingerprint density at radius 3 is 2.34 bits per heavy atom. The molecule has 0 saturated carbocycles. The lowest BCUT2D eigenvalue weighted by atomic mass is 10.0. The van der Waals surface area contributed by atoms with Crippen molar-refractivity contribution in [2.45, 2.75) is 39.2 Å². The number of rotatable bonds is 7. The Balaban J connectivity index is 1.59.